The summed E-state index contributed by atoms with van der Waals surface area (Å²) in [5.41, 5.74) is 10.2. The fraction of sp³-hybridized carbons (Fsp3) is 0. The van der Waals surface area contributed by atoms with Crippen molar-refractivity contribution in [1.82, 2.24) is 9.97 Å². The third-order valence-electron chi connectivity index (χ3n) is 10.5. The number of fused-ring (bicyclic) bond motifs is 6. The van der Waals surface area contributed by atoms with E-state index in [0.717, 1.165) is 50.0 Å². The van der Waals surface area contributed by atoms with Crippen LogP contribution in [-0.2, 0) is 0 Å². The Morgan fingerprint density at radius 1 is 0.364 bits per heavy atom. The molecule has 5 nitrogen and oxygen atoms in total. The van der Waals surface area contributed by atoms with Gasteiger partial charge in [0.2, 0.25) is 11.8 Å². The van der Waals surface area contributed by atoms with Crippen molar-refractivity contribution < 1.29 is 8.83 Å². The van der Waals surface area contributed by atoms with Gasteiger partial charge in [-0.2, -0.15) is 0 Å². The van der Waals surface area contributed by atoms with Crippen molar-refractivity contribution in [2.75, 3.05) is 4.90 Å². The van der Waals surface area contributed by atoms with Crippen molar-refractivity contribution in [1.29, 1.82) is 0 Å². The number of hydrogen-bond donors (Lipinski definition) is 0. The van der Waals surface area contributed by atoms with Crippen LogP contribution in [0.2, 0.25) is 0 Å². The molecule has 0 amide bonds. The zero-order valence-corrected chi connectivity index (χ0v) is 29.6. The minimum atomic E-state index is 0.594. The third kappa shape index (κ3) is 5.41. The molecule has 0 unspecified atom stereocenters. The molecule has 0 aliphatic rings. The molecule has 11 aromatic rings. The van der Waals surface area contributed by atoms with E-state index >= 15 is 0 Å². The quantitative estimate of drug-likeness (QED) is 0.161. The molecule has 0 saturated carbocycles. The predicted molar refractivity (Wildman–Crippen MR) is 225 cm³/mol. The van der Waals surface area contributed by atoms with Gasteiger partial charge in [-0.25, -0.2) is 9.97 Å². The average molecular weight is 706 g/mol. The van der Waals surface area contributed by atoms with Crippen molar-refractivity contribution in [3.63, 3.8) is 0 Å². The van der Waals surface area contributed by atoms with Crippen molar-refractivity contribution in [3.8, 4) is 34.0 Å². The fourth-order valence-corrected chi connectivity index (χ4v) is 7.80. The molecule has 11 rings (SSSR count). The van der Waals surface area contributed by atoms with Crippen LogP contribution < -0.4 is 4.90 Å². The number of benzene rings is 9. The second kappa shape index (κ2) is 12.6. The topological polar surface area (TPSA) is 55.3 Å². The molecule has 55 heavy (non-hydrogen) atoms. The Morgan fingerprint density at radius 3 is 1.58 bits per heavy atom. The first-order valence-corrected chi connectivity index (χ1v) is 18.4. The first-order valence-electron chi connectivity index (χ1n) is 18.4. The van der Waals surface area contributed by atoms with Crippen molar-refractivity contribution in [2.24, 2.45) is 0 Å². The Balaban J connectivity index is 1.04. The lowest BCUT2D eigenvalue weighted by Crippen LogP contribution is -2.09. The van der Waals surface area contributed by atoms with Gasteiger partial charge < -0.3 is 13.7 Å². The molecule has 0 atom stereocenters. The zero-order valence-electron chi connectivity index (χ0n) is 29.6. The summed E-state index contributed by atoms with van der Waals surface area (Å²) in [6.45, 7) is 0. The van der Waals surface area contributed by atoms with Crippen LogP contribution in [0.4, 0.5) is 17.1 Å². The highest BCUT2D eigenvalue weighted by molar-refractivity contribution is 6.14. The molecule has 0 radical (unpaired) electrons. The summed E-state index contributed by atoms with van der Waals surface area (Å²) in [5.74, 6) is 1.19. The van der Waals surface area contributed by atoms with Crippen LogP contribution >= 0.6 is 0 Å². The molecule has 0 spiro atoms. The van der Waals surface area contributed by atoms with Gasteiger partial charge in [-0.05, 0) is 110 Å². The number of nitrogens with zero attached hydrogens (tertiary/aromatic N) is 3. The van der Waals surface area contributed by atoms with Gasteiger partial charge in [0.15, 0.2) is 11.2 Å². The van der Waals surface area contributed by atoms with Gasteiger partial charge in [-0.15, -0.1) is 0 Å². The normalized spacial score (nSPS) is 11.6. The first kappa shape index (κ1) is 31.1. The summed E-state index contributed by atoms with van der Waals surface area (Å²) in [6, 6.07) is 65.4. The average Bonchev–Trinajstić information content (AvgIpc) is 3.88. The second-order valence-electron chi connectivity index (χ2n) is 13.8. The molecule has 0 aliphatic carbocycles. The maximum absolute atomic E-state index is 6.36. The fourth-order valence-electron chi connectivity index (χ4n) is 7.80. The number of anilines is 3. The van der Waals surface area contributed by atoms with Crippen LogP contribution in [0.1, 0.15) is 0 Å². The number of aromatic nitrogens is 2. The molecular formula is C50H31N3O2. The maximum atomic E-state index is 6.36. The van der Waals surface area contributed by atoms with E-state index in [0.29, 0.717) is 22.9 Å². The first-order chi connectivity index (χ1) is 27.2. The third-order valence-corrected chi connectivity index (χ3v) is 10.5. The highest BCUT2D eigenvalue weighted by atomic mass is 16.4. The van der Waals surface area contributed by atoms with E-state index in [2.05, 4.69) is 120 Å². The summed E-state index contributed by atoms with van der Waals surface area (Å²) in [6.07, 6.45) is 0. The summed E-state index contributed by atoms with van der Waals surface area (Å²) in [7, 11) is 0. The zero-order chi connectivity index (χ0) is 36.3. The lowest BCUT2D eigenvalue weighted by atomic mass is 9.92. The van der Waals surface area contributed by atoms with E-state index in [1.54, 1.807) is 0 Å². The molecule has 2 heterocycles. The van der Waals surface area contributed by atoms with Gasteiger partial charge in [-0.3, -0.25) is 0 Å². The van der Waals surface area contributed by atoms with E-state index in [4.69, 9.17) is 18.8 Å². The van der Waals surface area contributed by atoms with E-state index in [1.807, 2.05) is 72.8 Å². The SMILES string of the molecule is c1ccc(-c2nc3ccc(N(c4ccc5cc(-c6cccc7ccc8ccccc8c67)ccc5c4)c4ccc5nc(-c6ccccc6)oc5c4)cc3o2)cc1. The number of hydrogen-bond acceptors (Lipinski definition) is 5. The molecule has 0 saturated heterocycles. The van der Waals surface area contributed by atoms with Crippen LogP contribution in [0.5, 0.6) is 0 Å². The van der Waals surface area contributed by atoms with Crippen LogP contribution in [0.15, 0.2) is 197 Å². The number of rotatable bonds is 6. The Labute approximate surface area is 316 Å². The van der Waals surface area contributed by atoms with Crippen LogP contribution in [-0.4, -0.2) is 9.97 Å². The second-order valence-corrected chi connectivity index (χ2v) is 13.8. The molecular weight excluding hydrogens is 675 g/mol. The Hall–Kier alpha value is -7.50. The van der Waals surface area contributed by atoms with Gasteiger partial charge in [0.05, 0.1) is 0 Å². The largest absolute Gasteiger partial charge is 0.436 e. The van der Waals surface area contributed by atoms with Gasteiger partial charge >= 0.3 is 0 Å². The standard InChI is InChI=1S/C50H31N3O2/c1-3-11-34(12-4-1)49-51-44-26-24-40(30-46(44)54-49)53(41-25-27-45-47(31-41)55-50(52-45)35-13-5-2-6-14-35)39-23-22-36-28-38(21-20-37(36)29-39)43-17-9-15-33-19-18-32-10-7-8-16-42(32)48(33)43/h1-31H. The molecule has 0 fully saturated rings. The molecule has 0 bridgehead atoms. The lowest BCUT2D eigenvalue weighted by Gasteiger charge is -2.25. The summed E-state index contributed by atoms with van der Waals surface area (Å²) < 4.78 is 12.7. The van der Waals surface area contributed by atoms with E-state index in [1.165, 1.54) is 32.7 Å². The molecule has 258 valence electrons. The van der Waals surface area contributed by atoms with Crippen molar-refractivity contribution in [3.05, 3.63) is 188 Å². The molecule has 0 aliphatic heterocycles. The van der Waals surface area contributed by atoms with E-state index in [9.17, 15) is 0 Å². The smallest absolute Gasteiger partial charge is 0.227 e. The van der Waals surface area contributed by atoms with Crippen LogP contribution in [0.3, 0.4) is 0 Å². The Morgan fingerprint density at radius 2 is 0.891 bits per heavy atom. The van der Waals surface area contributed by atoms with Crippen molar-refractivity contribution >= 4 is 71.6 Å². The van der Waals surface area contributed by atoms with Crippen LogP contribution in [0, 0.1) is 0 Å². The molecule has 5 heteroatoms. The van der Waals surface area contributed by atoms with E-state index < -0.39 is 0 Å². The van der Waals surface area contributed by atoms with Gasteiger partial charge in [-0.1, -0.05) is 109 Å². The predicted octanol–water partition coefficient (Wildman–Crippen LogP) is 13.9. The highest BCUT2D eigenvalue weighted by Gasteiger charge is 2.19. The van der Waals surface area contributed by atoms with Gasteiger partial charge in [0, 0.05) is 40.3 Å². The maximum Gasteiger partial charge on any atom is 0.227 e. The lowest BCUT2D eigenvalue weighted by molar-refractivity contribution is 0.620. The monoisotopic (exact) mass is 705 g/mol. The van der Waals surface area contributed by atoms with Crippen molar-refractivity contribution in [2.45, 2.75) is 0 Å². The summed E-state index contributed by atoms with van der Waals surface area (Å²) in [4.78, 5) is 11.8. The minimum absolute atomic E-state index is 0.594. The molecule has 2 aromatic heterocycles. The molecule has 9 aromatic carbocycles. The highest BCUT2D eigenvalue weighted by Crippen LogP contribution is 2.41. The van der Waals surface area contributed by atoms with Gasteiger partial charge in [0.1, 0.15) is 11.0 Å². The van der Waals surface area contributed by atoms with Gasteiger partial charge in [0.25, 0.3) is 0 Å². The molecule has 0 N–H and O–H groups in total. The summed E-state index contributed by atoms with van der Waals surface area (Å²) in [5, 5.41) is 7.32. The van der Waals surface area contributed by atoms with Crippen LogP contribution in [0.25, 0.3) is 88.6 Å². The Bertz CT molecular complexity index is 3100. The Kier molecular flexibility index (Phi) is 7.10. The van der Waals surface area contributed by atoms with E-state index in [-0.39, 0.29) is 0 Å². The number of oxazole rings is 2. The minimum Gasteiger partial charge on any atom is -0.436 e. The summed E-state index contributed by atoms with van der Waals surface area (Å²) >= 11 is 0.